The number of β-lactam (4-membered cyclic amide) rings is 1. The van der Waals surface area contributed by atoms with Gasteiger partial charge in [-0.1, -0.05) is 17.7 Å². The number of nitrogens with zero attached hydrogens (tertiary/aromatic N) is 2. The smallest absolute Gasteiger partial charge is 0.253 e. The van der Waals surface area contributed by atoms with Crippen molar-refractivity contribution in [2.75, 3.05) is 11.1 Å². The lowest BCUT2D eigenvalue weighted by molar-refractivity contribution is -0.139. The minimum Gasteiger partial charge on any atom is -0.341 e. The molecule has 0 radical (unpaired) electrons. The number of rotatable bonds is 4. The van der Waals surface area contributed by atoms with Gasteiger partial charge in [0.15, 0.2) is 0 Å². The standard InChI is InChI=1S/C12H13ClN4OS/c1-2-3-8-4-14-12(15-8)16-9-10(18)17-5-7(13)6-19-11(9)17/h2,4-5,9,11H,1,3,6H2,(H2,14,15,16)/t9?,11-/m1/s1. The molecule has 5 nitrogen and oxygen atoms in total. The van der Waals surface area contributed by atoms with Crippen LogP contribution in [0.2, 0.25) is 0 Å². The number of fused-ring (bicyclic) bond motifs is 1. The predicted octanol–water partition coefficient (Wildman–Crippen LogP) is 1.91. The second-order valence-corrected chi connectivity index (χ2v) is 5.97. The summed E-state index contributed by atoms with van der Waals surface area (Å²) in [4.78, 5) is 21.0. The molecule has 19 heavy (non-hydrogen) atoms. The molecule has 3 heterocycles. The van der Waals surface area contributed by atoms with Crippen LogP contribution in [0.15, 0.2) is 30.1 Å². The summed E-state index contributed by atoms with van der Waals surface area (Å²) in [5.74, 6) is 1.39. The molecule has 1 aromatic heterocycles. The van der Waals surface area contributed by atoms with Crippen LogP contribution in [0.25, 0.3) is 0 Å². The number of H-pyrrole nitrogens is 1. The van der Waals surface area contributed by atoms with Crippen molar-refractivity contribution in [3.63, 3.8) is 0 Å². The van der Waals surface area contributed by atoms with Gasteiger partial charge < -0.3 is 15.2 Å². The number of imidazole rings is 1. The van der Waals surface area contributed by atoms with Crippen LogP contribution in [0, 0.1) is 0 Å². The van der Waals surface area contributed by atoms with Gasteiger partial charge in [0, 0.05) is 29.6 Å². The van der Waals surface area contributed by atoms with E-state index in [1.54, 1.807) is 28.9 Å². The van der Waals surface area contributed by atoms with Crippen LogP contribution in [0.3, 0.4) is 0 Å². The Balaban J connectivity index is 1.68. The Kier molecular flexibility index (Phi) is 3.28. The van der Waals surface area contributed by atoms with Gasteiger partial charge in [0.25, 0.3) is 5.91 Å². The third kappa shape index (κ3) is 2.26. The van der Waals surface area contributed by atoms with Crippen LogP contribution >= 0.6 is 23.4 Å². The van der Waals surface area contributed by atoms with Gasteiger partial charge in [0.1, 0.15) is 11.4 Å². The molecule has 1 unspecified atom stereocenters. The van der Waals surface area contributed by atoms with Crippen LogP contribution in [0.4, 0.5) is 5.95 Å². The van der Waals surface area contributed by atoms with E-state index in [1.165, 1.54) is 0 Å². The summed E-state index contributed by atoms with van der Waals surface area (Å²) in [6, 6.07) is -0.242. The Hall–Kier alpha value is -1.40. The van der Waals surface area contributed by atoms with Gasteiger partial charge in [0.05, 0.1) is 5.69 Å². The number of allylic oxidation sites excluding steroid dienone is 1. The zero-order valence-corrected chi connectivity index (χ0v) is 11.7. The molecule has 7 heteroatoms. The molecule has 3 rings (SSSR count). The average molecular weight is 297 g/mol. The van der Waals surface area contributed by atoms with Crippen molar-refractivity contribution in [2.24, 2.45) is 0 Å². The molecule has 1 fully saturated rings. The van der Waals surface area contributed by atoms with Crippen LogP contribution in [-0.4, -0.2) is 37.9 Å². The van der Waals surface area contributed by atoms with Crippen LogP contribution < -0.4 is 5.32 Å². The van der Waals surface area contributed by atoms with Crippen LogP contribution in [0.1, 0.15) is 5.69 Å². The van der Waals surface area contributed by atoms with Crippen molar-refractivity contribution < 1.29 is 4.79 Å². The fourth-order valence-electron chi connectivity index (χ4n) is 2.12. The first-order valence-corrected chi connectivity index (χ1v) is 7.33. The van der Waals surface area contributed by atoms with Gasteiger partial charge in [0.2, 0.25) is 5.95 Å². The maximum Gasteiger partial charge on any atom is 0.253 e. The van der Waals surface area contributed by atoms with E-state index < -0.39 is 0 Å². The number of aromatic nitrogens is 2. The topological polar surface area (TPSA) is 61.0 Å². The molecule has 0 bridgehead atoms. The summed E-state index contributed by atoms with van der Waals surface area (Å²) in [5.41, 5.74) is 0.903. The highest BCUT2D eigenvalue weighted by Gasteiger charge is 2.48. The second-order valence-electron chi connectivity index (χ2n) is 4.38. The number of carbonyl (C=O) groups excluding carboxylic acids is 1. The summed E-state index contributed by atoms with van der Waals surface area (Å²) in [6.45, 7) is 3.67. The molecule has 100 valence electrons. The van der Waals surface area contributed by atoms with Crippen LogP contribution in [0.5, 0.6) is 0 Å². The van der Waals surface area contributed by atoms with Crippen molar-refractivity contribution in [3.05, 3.63) is 35.8 Å². The lowest BCUT2D eigenvalue weighted by Gasteiger charge is -2.46. The number of anilines is 1. The number of thioether (sulfide) groups is 1. The minimum absolute atomic E-state index is 0.0250. The van der Waals surface area contributed by atoms with E-state index in [0.29, 0.717) is 17.4 Å². The van der Waals surface area contributed by atoms with Gasteiger partial charge in [-0.15, -0.1) is 18.3 Å². The molecule has 0 saturated carbocycles. The molecule has 1 amide bonds. The highest BCUT2D eigenvalue weighted by Crippen LogP contribution is 2.37. The average Bonchev–Trinajstić information content (AvgIpc) is 2.84. The normalized spacial score (nSPS) is 25.4. The van der Waals surface area contributed by atoms with Crippen molar-refractivity contribution in [1.29, 1.82) is 0 Å². The molecule has 1 aromatic rings. The molecule has 0 spiro atoms. The first kappa shape index (κ1) is 12.6. The van der Waals surface area contributed by atoms with Crippen molar-refractivity contribution in [1.82, 2.24) is 14.9 Å². The maximum absolute atomic E-state index is 12.0. The van der Waals surface area contributed by atoms with Gasteiger partial charge >= 0.3 is 0 Å². The molecule has 1 saturated heterocycles. The Morgan fingerprint density at radius 2 is 2.58 bits per heavy atom. The third-order valence-corrected chi connectivity index (χ3v) is 4.74. The largest absolute Gasteiger partial charge is 0.341 e. The number of halogens is 1. The molecule has 0 aliphatic carbocycles. The SMILES string of the molecule is C=CCc1c[nH]c(NC2C(=O)N3C=C(Cl)CS[C@H]23)n1. The highest BCUT2D eigenvalue weighted by atomic mass is 35.5. The molecule has 2 N–H and O–H groups in total. The van der Waals surface area contributed by atoms with E-state index in [-0.39, 0.29) is 17.3 Å². The number of hydrogen-bond acceptors (Lipinski definition) is 4. The quantitative estimate of drug-likeness (QED) is 0.658. The Bertz CT molecular complexity index is 556. The molecular formula is C12H13ClN4OS. The Morgan fingerprint density at radius 3 is 3.37 bits per heavy atom. The van der Waals surface area contributed by atoms with Gasteiger partial charge in [-0.3, -0.25) is 4.79 Å². The molecule has 0 aromatic carbocycles. The molecule has 2 aliphatic heterocycles. The van der Waals surface area contributed by atoms with E-state index in [0.717, 1.165) is 11.4 Å². The zero-order chi connectivity index (χ0) is 13.4. The molecule has 2 atom stereocenters. The highest BCUT2D eigenvalue weighted by molar-refractivity contribution is 8.00. The fraction of sp³-hybridized carbons (Fsp3) is 0.333. The van der Waals surface area contributed by atoms with E-state index in [2.05, 4.69) is 21.9 Å². The third-order valence-electron chi connectivity index (χ3n) is 3.03. The summed E-state index contributed by atoms with van der Waals surface area (Å²) in [5, 5.41) is 3.94. The Labute approximate surface area is 120 Å². The summed E-state index contributed by atoms with van der Waals surface area (Å²) < 4.78 is 0. The van der Waals surface area contributed by atoms with Gasteiger partial charge in [-0.05, 0) is 0 Å². The number of hydrogen-bond donors (Lipinski definition) is 2. The number of amides is 1. The number of nitrogens with one attached hydrogen (secondary N) is 2. The van der Waals surface area contributed by atoms with Gasteiger partial charge in [-0.25, -0.2) is 4.98 Å². The van der Waals surface area contributed by atoms with Crippen molar-refractivity contribution in [2.45, 2.75) is 17.8 Å². The van der Waals surface area contributed by atoms with Crippen molar-refractivity contribution in [3.8, 4) is 0 Å². The first-order chi connectivity index (χ1) is 9.19. The first-order valence-electron chi connectivity index (χ1n) is 5.91. The fourth-order valence-corrected chi connectivity index (χ4v) is 3.52. The second kappa shape index (κ2) is 4.94. The lowest BCUT2D eigenvalue weighted by atomic mass is 10.1. The zero-order valence-electron chi connectivity index (χ0n) is 10.1. The van der Waals surface area contributed by atoms with Crippen LogP contribution in [-0.2, 0) is 11.2 Å². The summed E-state index contributed by atoms with van der Waals surface area (Å²) in [7, 11) is 0. The van der Waals surface area contributed by atoms with E-state index in [9.17, 15) is 4.79 Å². The van der Waals surface area contributed by atoms with E-state index in [1.807, 2.05) is 6.20 Å². The minimum atomic E-state index is -0.242. The van der Waals surface area contributed by atoms with E-state index in [4.69, 9.17) is 11.6 Å². The Morgan fingerprint density at radius 1 is 1.74 bits per heavy atom. The van der Waals surface area contributed by atoms with E-state index >= 15 is 0 Å². The molecular weight excluding hydrogens is 284 g/mol. The predicted molar refractivity (Wildman–Crippen MR) is 76.9 cm³/mol. The molecule has 2 aliphatic rings. The van der Waals surface area contributed by atoms with Gasteiger partial charge in [-0.2, -0.15) is 0 Å². The summed E-state index contributed by atoms with van der Waals surface area (Å²) >= 11 is 7.57. The maximum atomic E-state index is 12.0. The van der Waals surface area contributed by atoms with Crippen molar-refractivity contribution >= 4 is 35.2 Å². The number of carbonyl (C=O) groups is 1. The summed E-state index contributed by atoms with van der Waals surface area (Å²) in [6.07, 6.45) is 6.03. The number of aromatic amines is 1. The monoisotopic (exact) mass is 296 g/mol. The lowest BCUT2D eigenvalue weighted by Crippen LogP contribution is -2.65.